The number of fused-ring (bicyclic) bond motifs is 1. The fourth-order valence-corrected chi connectivity index (χ4v) is 4.98. The van der Waals surface area contributed by atoms with Crippen LogP contribution in [0.1, 0.15) is 59.8 Å². The quantitative estimate of drug-likeness (QED) is 0.217. The number of aliphatic carboxylic acids is 1. The number of nitrogens with zero attached hydrogens (tertiary/aromatic N) is 2. The van der Waals surface area contributed by atoms with Crippen molar-refractivity contribution in [1.82, 2.24) is 15.1 Å². The number of amides is 1. The van der Waals surface area contributed by atoms with E-state index >= 15 is 0 Å². The highest BCUT2D eigenvalue weighted by atomic mass is 35.5. The number of carboxylic acid groups (broad SMARTS) is 1. The van der Waals surface area contributed by atoms with E-state index in [4.69, 9.17) is 21.8 Å². The van der Waals surface area contributed by atoms with E-state index < -0.39 is 17.7 Å². The predicted molar refractivity (Wildman–Crippen MR) is 149 cm³/mol. The van der Waals surface area contributed by atoms with Gasteiger partial charge in [-0.1, -0.05) is 49.7 Å². The van der Waals surface area contributed by atoms with E-state index in [0.717, 1.165) is 46.1 Å². The third-order valence-electron chi connectivity index (χ3n) is 6.76. The first-order chi connectivity index (χ1) is 18.8. The maximum atomic E-state index is 13.1. The summed E-state index contributed by atoms with van der Waals surface area (Å²) >= 11 is 6.29. The summed E-state index contributed by atoms with van der Waals surface area (Å²) in [7, 11) is 0. The number of carboxylic acids is 1. The molecular formula is C30H29ClF3N3O3. The van der Waals surface area contributed by atoms with Gasteiger partial charge >= 0.3 is 12.1 Å². The third kappa shape index (κ3) is 6.47. The minimum atomic E-state index is -4.48. The smallest absolute Gasteiger partial charge is 0.416 e. The summed E-state index contributed by atoms with van der Waals surface area (Å²) in [6.07, 6.45) is -1.92. The number of alkyl halides is 3. The lowest BCUT2D eigenvalue weighted by Crippen LogP contribution is -2.26. The average molecular weight is 572 g/mol. The Labute approximate surface area is 234 Å². The lowest BCUT2D eigenvalue weighted by Gasteiger charge is -2.20. The zero-order valence-electron chi connectivity index (χ0n) is 22.2. The Morgan fingerprint density at radius 2 is 1.73 bits per heavy atom. The first kappa shape index (κ1) is 29.1. The SMILES string of the molecule is Cc1c(-c2ccc(C(F)(F)F)cc2Cl)ccc2nn(C(CC(C)C)c3ccc(C(=O)NCCC(=O)O)cc3)cc12. The summed E-state index contributed by atoms with van der Waals surface area (Å²) < 4.78 is 41.3. The van der Waals surface area contributed by atoms with Crippen LogP contribution in [0, 0.1) is 12.8 Å². The summed E-state index contributed by atoms with van der Waals surface area (Å²) in [6.45, 7) is 6.16. The van der Waals surface area contributed by atoms with E-state index in [-0.39, 0.29) is 29.9 Å². The molecule has 10 heteroatoms. The second kappa shape index (κ2) is 11.7. The number of hydrogen-bond acceptors (Lipinski definition) is 3. The van der Waals surface area contributed by atoms with E-state index in [1.54, 1.807) is 12.1 Å². The van der Waals surface area contributed by atoms with Crippen molar-refractivity contribution in [3.05, 3.63) is 88.1 Å². The molecule has 0 saturated heterocycles. The molecule has 210 valence electrons. The fraction of sp³-hybridized carbons (Fsp3) is 0.300. The van der Waals surface area contributed by atoms with Crippen LogP contribution >= 0.6 is 11.6 Å². The van der Waals surface area contributed by atoms with Gasteiger partial charge in [0.2, 0.25) is 0 Å². The molecule has 40 heavy (non-hydrogen) atoms. The van der Waals surface area contributed by atoms with Crippen LogP contribution in [0.15, 0.2) is 60.8 Å². The molecule has 3 aromatic carbocycles. The predicted octanol–water partition coefficient (Wildman–Crippen LogP) is 7.52. The van der Waals surface area contributed by atoms with Crippen LogP contribution in [0.5, 0.6) is 0 Å². The van der Waals surface area contributed by atoms with Gasteiger partial charge in [0.1, 0.15) is 0 Å². The number of carbonyl (C=O) groups excluding carboxylic acids is 1. The Bertz CT molecular complexity index is 1550. The van der Waals surface area contributed by atoms with Gasteiger partial charge in [-0.3, -0.25) is 14.3 Å². The summed E-state index contributed by atoms with van der Waals surface area (Å²) in [6, 6.07) is 14.0. The van der Waals surface area contributed by atoms with Gasteiger partial charge in [-0.2, -0.15) is 18.3 Å². The zero-order chi connectivity index (χ0) is 29.2. The Balaban J connectivity index is 1.66. The summed E-state index contributed by atoms with van der Waals surface area (Å²) in [5, 5.41) is 17.1. The van der Waals surface area contributed by atoms with Gasteiger partial charge in [0.05, 0.1) is 23.5 Å². The topological polar surface area (TPSA) is 84.2 Å². The van der Waals surface area contributed by atoms with Gasteiger partial charge in [-0.15, -0.1) is 0 Å². The Morgan fingerprint density at radius 3 is 2.33 bits per heavy atom. The number of rotatable bonds is 9. The average Bonchev–Trinajstić information content (AvgIpc) is 3.32. The number of carbonyl (C=O) groups is 2. The molecule has 0 saturated carbocycles. The van der Waals surface area contributed by atoms with Gasteiger partial charge in [-0.05, 0) is 66.3 Å². The van der Waals surface area contributed by atoms with Crippen molar-refractivity contribution in [2.24, 2.45) is 5.92 Å². The number of nitrogens with one attached hydrogen (secondary N) is 1. The molecule has 0 fully saturated rings. The maximum Gasteiger partial charge on any atom is 0.416 e. The third-order valence-corrected chi connectivity index (χ3v) is 7.07. The summed E-state index contributed by atoms with van der Waals surface area (Å²) in [5.74, 6) is -0.995. The highest BCUT2D eigenvalue weighted by molar-refractivity contribution is 6.33. The molecule has 1 heterocycles. The van der Waals surface area contributed by atoms with Crippen molar-refractivity contribution in [2.45, 2.75) is 45.8 Å². The second-order valence-corrected chi connectivity index (χ2v) is 10.5. The van der Waals surface area contributed by atoms with Crippen LogP contribution in [0.2, 0.25) is 5.02 Å². The van der Waals surface area contributed by atoms with Crippen LogP contribution in [0.4, 0.5) is 13.2 Å². The molecule has 0 aliphatic carbocycles. The van der Waals surface area contributed by atoms with Crippen LogP contribution < -0.4 is 5.32 Å². The van der Waals surface area contributed by atoms with Crippen LogP contribution in [-0.4, -0.2) is 33.3 Å². The Morgan fingerprint density at radius 1 is 1.05 bits per heavy atom. The van der Waals surface area contributed by atoms with E-state index in [2.05, 4.69) is 19.2 Å². The molecule has 4 aromatic rings. The van der Waals surface area contributed by atoms with Crippen molar-refractivity contribution < 1.29 is 27.9 Å². The van der Waals surface area contributed by atoms with Gasteiger partial charge in [0.25, 0.3) is 5.91 Å². The van der Waals surface area contributed by atoms with Crippen molar-refractivity contribution in [3.63, 3.8) is 0 Å². The van der Waals surface area contributed by atoms with E-state index in [1.807, 2.05) is 42.1 Å². The maximum absolute atomic E-state index is 13.1. The molecule has 6 nitrogen and oxygen atoms in total. The second-order valence-electron chi connectivity index (χ2n) is 10.1. The molecule has 1 aromatic heterocycles. The molecular weight excluding hydrogens is 543 g/mol. The van der Waals surface area contributed by atoms with Gasteiger partial charge < -0.3 is 10.4 Å². The van der Waals surface area contributed by atoms with Crippen LogP contribution in [0.3, 0.4) is 0 Å². The number of aryl methyl sites for hydroxylation is 1. The van der Waals surface area contributed by atoms with E-state index in [1.165, 1.54) is 6.07 Å². The number of halogens is 4. The number of aromatic nitrogens is 2. The first-order valence-electron chi connectivity index (χ1n) is 12.8. The lowest BCUT2D eigenvalue weighted by molar-refractivity contribution is -0.138. The van der Waals surface area contributed by atoms with Gasteiger partial charge in [0.15, 0.2) is 0 Å². The number of benzene rings is 3. The highest BCUT2D eigenvalue weighted by Crippen LogP contribution is 2.38. The van der Waals surface area contributed by atoms with Crippen molar-refractivity contribution in [2.75, 3.05) is 6.54 Å². The minimum absolute atomic E-state index is 0.0226. The molecule has 1 amide bonds. The largest absolute Gasteiger partial charge is 0.481 e. The van der Waals surface area contributed by atoms with Crippen LogP contribution in [0.25, 0.3) is 22.0 Å². The lowest BCUT2D eigenvalue weighted by atomic mass is 9.96. The standard InChI is InChI=1S/C30H29ClF3N3O3/c1-17(2)14-27(19-4-6-20(7-5-19)29(40)35-13-12-28(38)39)37-16-24-18(3)22(10-11-26(24)36-37)23-9-8-21(15-25(23)31)30(32,33)34/h4-11,15-17,27H,12-14H2,1-3H3,(H,35,40)(H,38,39). The highest BCUT2D eigenvalue weighted by Gasteiger charge is 2.31. The Kier molecular flexibility index (Phi) is 8.54. The van der Waals surface area contributed by atoms with Crippen molar-refractivity contribution in [1.29, 1.82) is 0 Å². The molecule has 0 aliphatic rings. The molecule has 0 spiro atoms. The first-order valence-corrected chi connectivity index (χ1v) is 13.2. The monoisotopic (exact) mass is 571 g/mol. The van der Waals surface area contributed by atoms with Crippen LogP contribution in [-0.2, 0) is 11.0 Å². The molecule has 1 atom stereocenters. The Hall–Kier alpha value is -3.85. The van der Waals surface area contributed by atoms with E-state index in [0.29, 0.717) is 17.0 Å². The molecule has 1 unspecified atom stereocenters. The fourth-order valence-electron chi connectivity index (χ4n) is 4.70. The summed E-state index contributed by atoms with van der Waals surface area (Å²) in [4.78, 5) is 23.1. The zero-order valence-corrected chi connectivity index (χ0v) is 23.0. The minimum Gasteiger partial charge on any atom is -0.481 e. The molecule has 0 aliphatic heterocycles. The molecule has 4 rings (SSSR count). The normalized spacial score (nSPS) is 12.6. The molecule has 0 radical (unpaired) electrons. The number of hydrogen-bond donors (Lipinski definition) is 2. The van der Waals surface area contributed by atoms with Gasteiger partial charge in [0, 0.05) is 34.3 Å². The molecule has 2 N–H and O–H groups in total. The summed E-state index contributed by atoms with van der Waals surface area (Å²) in [5.41, 5.74) is 3.41. The van der Waals surface area contributed by atoms with E-state index in [9.17, 15) is 22.8 Å². The molecule has 0 bridgehead atoms. The van der Waals surface area contributed by atoms with Crippen molar-refractivity contribution in [3.8, 4) is 11.1 Å². The van der Waals surface area contributed by atoms with Crippen molar-refractivity contribution >= 4 is 34.4 Å². The van der Waals surface area contributed by atoms with Gasteiger partial charge in [-0.25, -0.2) is 0 Å².